The molecule has 0 heterocycles. The van der Waals surface area contributed by atoms with Crippen LogP contribution in [0.4, 0.5) is 0 Å². The van der Waals surface area contributed by atoms with Gasteiger partial charge in [0.15, 0.2) is 0 Å². The highest BCUT2D eigenvalue weighted by molar-refractivity contribution is 5.85. The zero-order chi connectivity index (χ0) is 11.2. The van der Waals surface area contributed by atoms with E-state index in [-0.39, 0.29) is 5.91 Å². The SMILES string of the molecule is CCC(C)(N)C(=O)N(C)CCCOC. The Kier molecular flexibility index (Phi) is 5.72. The predicted molar refractivity (Wildman–Crippen MR) is 57.0 cm³/mol. The number of methoxy groups -OCH3 is 1. The number of hydrogen-bond acceptors (Lipinski definition) is 3. The molecule has 0 aromatic rings. The van der Waals surface area contributed by atoms with Crippen LogP contribution in [0.25, 0.3) is 0 Å². The van der Waals surface area contributed by atoms with Gasteiger partial charge >= 0.3 is 0 Å². The maximum absolute atomic E-state index is 11.8. The van der Waals surface area contributed by atoms with Gasteiger partial charge in [0, 0.05) is 27.3 Å². The Morgan fingerprint density at radius 2 is 2.14 bits per heavy atom. The normalized spacial score (nSPS) is 14.9. The van der Waals surface area contributed by atoms with Gasteiger partial charge in [-0.05, 0) is 19.8 Å². The number of nitrogens with zero attached hydrogens (tertiary/aromatic N) is 1. The zero-order valence-electron chi connectivity index (χ0n) is 9.67. The molecule has 0 aliphatic rings. The predicted octanol–water partition coefficient (Wildman–Crippen LogP) is 0.609. The van der Waals surface area contributed by atoms with Crippen LogP contribution in [-0.2, 0) is 9.53 Å². The van der Waals surface area contributed by atoms with E-state index in [0.29, 0.717) is 19.6 Å². The van der Waals surface area contributed by atoms with Crippen molar-refractivity contribution in [2.24, 2.45) is 5.73 Å². The van der Waals surface area contributed by atoms with Crippen molar-refractivity contribution in [1.82, 2.24) is 4.90 Å². The molecule has 0 saturated carbocycles. The summed E-state index contributed by atoms with van der Waals surface area (Å²) in [7, 11) is 3.43. The minimum absolute atomic E-state index is 0.00361. The molecule has 1 unspecified atom stereocenters. The Morgan fingerprint density at radius 3 is 2.57 bits per heavy atom. The van der Waals surface area contributed by atoms with Crippen molar-refractivity contribution in [3.63, 3.8) is 0 Å². The number of amides is 1. The molecule has 0 aliphatic heterocycles. The van der Waals surface area contributed by atoms with Crippen LogP contribution in [0.1, 0.15) is 26.7 Å². The Morgan fingerprint density at radius 1 is 1.57 bits per heavy atom. The molecule has 0 aromatic heterocycles. The standard InChI is InChI=1S/C10H22N2O2/c1-5-10(2,11)9(13)12(3)7-6-8-14-4/h5-8,11H2,1-4H3. The fourth-order valence-corrected chi connectivity index (χ4v) is 1.13. The van der Waals surface area contributed by atoms with Gasteiger partial charge in [-0.25, -0.2) is 0 Å². The summed E-state index contributed by atoms with van der Waals surface area (Å²) in [6.45, 7) is 5.05. The van der Waals surface area contributed by atoms with E-state index in [0.717, 1.165) is 6.42 Å². The number of nitrogens with two attached hydrogens (primary N) is 1. The van der Waals surface area contributed by atoms with Crippen LogP contribution in [0.15, 0.2) is 0 Å². The summed E-state index contributed by atoms with van der Waals surface area (Å²) in [6.07, 6.45) is 1.50. The third-order valence-corrected chi connectivity index (χ3v) is 2.41. The van der Waals surface area contributed by atoms with Crippen molar-refractivity contribution < 1.29 is 9.53 Å². The van der Waals surface area contributed by atoms with Crippen molar-refractivity contribution in [3.8, 4) is 0 Å². The lowest BCUT2D eigenvalue weighted by molar-refractivity contribution is -0.135. The molecule has 0 spiro atoms. The van der Waals surface area contributed by atoms with Crippen LogP contribution in [0, 0.1) is 0 Å². The third kappa shape index (κ3) is 4.07. The van der Waals surface area contributed by atoms with Gasteiger partial charge in [0.1, 0.15) is 0 Å². The molecule has 4 nitrogen and oxygen atoms in total. The van der Waals surface area contributed by atoms with E-state index in [1.165, 1.54) is 0 Å². The molecule has 1 amide bonds. The molecule has 0 rings (SSSR count). The van der Waals surface area contributed by atoms with Gasteiger partial charge in [-0.3, -0.25) is 4.79 Å². The monoisotopic (exact) mass is 202 g/mol. The molecule has 0 aliphatic carbocycles. The summed E-state index contributed by atoms with van der Waals surface area (Å²) in [5.41, 5.74) is 5.11. The number of ether oxygens (including phenoxy) is 1. The molecule has 0 radical (unpaired) electrons. The van der Waals surface area contributed by atoms with Crippen LogP contribution in [0.2, 0.25) is 0 Å². The van der Waals surface area contributed by atoms with Crippen molar-refractivity contribution in [2.75, 3.05) is 27.3 Å². The van der Waals surface area contributed by atoms with Crippen LogP contribution in [0.5, 0.6) is 0 Å². The highest BCUT2D eigenvalue weighted by Gasteiger charge is 2.28. The molecule has 0 saturated heterocycles. The summed E-state index contributed by atoms with van der Waals surface area (Å²) in [6, 6.07) is 0. The molecule has 1 atom stereocenters. The Labute approximate surface area is 86.4 Å². The minimum Gasteiger partial charge on any atom is -0.385 e. The second kappa shape index (κ2) is 5.98. The molecule has 2 N–H and O–H groups in total. The smallest absolute Gasteiger partial charge is 0.242 e. The van der Waals surface area contributed by atoms with Gasteiger partial charge in [-0.15, -0.1) is 0 Å². The maximum atomic E-state index is 11.8. The first-order valence-electron chi connectivity index (χ1n) is 4.99. The average Bonchev–Trinajstić information content (AvgIpc) is 2.17. The lowest BCUT2D eigenvalue weighted by Crippen LogP contribution is -2.51. The number of rotatable bonds is 6. The molecule has 0 bridgehead atoms. The first kappa shape index (κ1) is 13.4. The second-order valence-corrected chi connectivity index (χ2v) is 3.84. The summed E-state index contributed by atoms with van der Waals surface area (Å²) in [5, 5.41) is 0. The average molecular weight is 202 g/mol. The van der Waals surface area contributed by atoms with E-state index in [9.17, 15) is 4.79 Å². The van der Waals surface area contributed by atoms with Crippen LogP contribution in [0.3, 0.4) is 0 Å². The number of hydrogen-bond donors (Lipinski definition) is 1. The summed E-state index contributed by atoms with van der Waals surface area (Å²) in [4.78, 5) is 13.4. The maximum Gasteiger partial charge on any atom is 0.242 e. The first-order valence-corrected chi connectivity index (χ1v) is 4.99. The Hall–Kier alpha value is -0.610. The van der Waals surface area contributed by atoms with Crippen molar-refractivity contribution in [1.29, 1.82) is 0 Å². The molecule has 0 aromatic carbocycles. The molecule has 4 heteroatoms. The van der Waals surface area contributed by atoms with Gasteiger partial charge < -0.3 is 15.4 Å². The second-order valence-electron chi connectivity index (χ2n) is 3.84. The van der Waals surface area contributed by atoms with E-state index in [1.54, 1.807) is 26.0 Å². The summed E-state index contributed by atoms with van der Waals surface area (Å²) >= 11 is 0. The topological polar surface area (TPSA) is 55.6 Å². The molecule has 14 heavy (non-hydrogen) atoms. The summed E-state index contributed by atoms with van der Waals surface area (Å²) in [5.74, 6) is -0.00361. The molecule has 0 fully saturated rings. The van der Waals surface area contributed by atoms with Crippen molar-refractivity contribution in [3.05, 3.63) is 0 Å². The molecular weight excluding hydrogens is 180 g/mol. The summed E-state index contributed by atoms with van der Waals surface area (Å²) < 4.78 is 4.91. The highest BCUT2D eigenvalue weighted by Crippen LogP contribution is 2.08. The van der Waals surface area contributed by atoms with Gasteiger partial charge in [-0.2, -0.15) is 0 Å². The minimum atomic E-state index is -0.734. The van der Waals surface area contributed by atoms with Gasteiger partial charge in [-0.1, -0.05) is 6.92 Å². The van der Waals surface area contributed by atoms with E-state index < -0.39 is 5.54 Å². The van der Waals surface area contributed by atoms with Crippen LogP contribution >= 0.6 is 0 Å². The zero-order valence-corrected chi connectivity index (χ0v) is 9.67. The number of likely N-dealkylation sites (N-methyl/N-ethyl adjacent to an activating group) is 1. The van der Waals surface area contributed by atoms with Gasteiger partial charge in [0.2, 0.25) is 5.91 Å². The fourth-order valence-electron chi connectivity index (χ4n) is 1.13. The lowest BCUT2D eigenvalue weighted by Gasteiger charge is -2.28. The molecule has 84 valence electrons. The van der Waals surface area contributed by atoms with Crippen molar-refractivity contribution in [2.45, 2.75) is 32.2 Å². The number of carbonyl (C=O) groups excluding carboxylic acids is 1. The third-order valence-electron chi connectivity index (χ3n) is 2.41. The number of carbonyl (C=O) groups is 1. The van der Waals surface area contributed by atoms with E-state index >= 15 is 0 Å². The van der Waals surface area contributed by atoms with Crippen molar-refractivity contribution >= 4 is 5.91 Å². The van der Waals surface area contributed by atoms with E-state index in [4.69, 9.17) is 10.5 Å². The van der Waals surface area contributed by atoms with Crippen LogP contribution < -0.4 is 5.73 Å². The Bertz CT molecular complexity index is 181. The van der Waals surface area contributed by atoms with Gasteiger partial charge in [0.05, 0.1) is 5.54 Å². The van der Waals surface area contributed by atoms with E-state index in [1.807, 2.05) is 6.92 Å². The highest BCUT2D eigenvalue weighted by atomic mass is 16.5. The molecular formula is C10H22N2O2. The largest absolute Gasteiger partial charge is 0.385 e. The fraction of sp³-hybridized carbons (Fsp3) is 0.900. The first-order chi connectivity index (χ1) is 6.45. The quantitative estimate of drug-likeness (QED) is 0.642. The van der Waals surface area contributed by atoms with Gasteiger partial charge in [0.25, 0.3) is 0 Å². The van der Waals surface area contributed by atoms with Crippen LogP contribution in [-0.4, -0.2) is 43.7 Å². The lowest BCUT2D eigenvalue weighted by atomic mass is 9.99. The van der Waals surface area contributed by atoms with E-state index in [2.05, 4.69) is 0 Å². The Balaban J connectivity index is 3.99.